The van der Waals surface area contributed by atoms with Crippen molar-refractivity contribution in [3.05, 3.63) is 40.9 Å². The molecule has 0 radical (unpaired) electrons. The minimum atomic E-state index is -0.522. The molecule has 1 unspecified atom stereocenters. The summed E-state index contributed by atoms with van der Waals surface area (Å²) >= 11 is 5.81. The number of carbonyl (C=O) groups excluding carboxylic acids is 1. The number of hydrogen-bond donors (Lipinski definition) is 2. The maximum Gasteiger partial charge on any atom is 0.322 e. The molecule has 1 atom stereocenters. The summed E-state index contributed by atoms with van der Waals surface area (Å²) in [5.74, 6) is -0.522. The summed E-state index contributed by atoms with van der Waals surface area (Å²) in [7, 11) is 0. The van der Waals surface area contributed by atoms with Gasteiger partial charge in [-0.1, -0.05) is 11.6 Å². The molecule has 0 aliphatic carbocycles. The summed E-state index contributed by atoms with van der Waals surface area (Å²) in [6.45, 7) is 4.55. The summed E-state index contributed by atoms with van der Waals surface area (Å²) < 4.78 is 15.3. The third kappa shape index (κ3) is 3.66. The third-order valence-electron chi connectivity index (χ3n) is 5.45. The van der Waals surface area contributed by atoms with E-state index in [0.29, 0.717) is 18.8 Å². The number of aliphatic hydroxyl groups is 1. The average Bonchev–Trinajstić information content (AvgIpc) is 3.07. The second-order valence-electron chi connectivity index (χ2n) is 7.41. The van der Waals surface area contributed by atoms with E-state index in [1.165, 1.54) is 18.2 Å². The van der Waals surface area contributed by atoms with E-state index in [9.17, 15) is 14.3 Å². The first-order valence-corrected chi connectivity index (χ1v) is 9.80. The number of aromatic nitrogens is 2. The molecule has 2 N–H and O–H groups in total. The maximum atomic E-state index is 13.3. The standard InChI is InChI=1S/C19H23ClFN5O2/c1-12-10-26-18(17(9-22-26)24-6-4-14(27)5-7-24)11-25(12)19(28)23-13-2-3-16(21)15(20)8-13/h2-3,8-9,12,14,27H,4-7,10-11H2,1H3,(H,23,28). The lowest BCUT2D eigenvalue weighted by Gasteiger charge is -2.36. The fourth-order valence-electron chi connectivity index (χ4n) is 3.80. The summed E-state index contributed by atoms with van der Waals surface area (Å²) in [5, 5.41) is 17.0. The Morgan fingerprint density at radius 1 is 1.36 bits per heavy atom. The van der Waals surface area contributed by atoms with E-state index in [-0.39, 0.29) is 23.2 Å². The van der Waals surface area contributed by atoms with Crippen LogP contribution in [-0.2, 0) is 13.1 Å². The molecule has 1 aromatic carbocycles. The fraction of sp³-hybridized carbons (Fsp3) is 0.474. The van der Waals surface area contributed by atoms with Gasteiger partial charge in [-0.2, -0.15) is 5.10 Å². The van der Waals surface area contributed by atoms with Crippen LogP contribution < -0.4 is 10.2 Å². The second kappa shape index (κ2) is 7.60. The van der Waals surface area contributed by atoms with E-state index in [0.717, 1.165) is 37.3 Å². The lowest BCUT2D eigenvalue weighted by molar-refractivity contribution is 0.145. The Bertz CT molecular complexity index is 881. The molecular formula is C19H23ClFN5O2. The Hall–Kier alpha value is -2.32. The first-order valence-electron chi connectivity index (χ1n) is 9.42. The molecular weight excluding hydrogens is 385 g/mol. The normalized spacial score (nSPS) is 20.2. The zero-order chi connectivity index (χ0) is 19.8. The molecule has 1 saturated heterocycles. The lowest BCUT2D eigenvalue weighted by atomic mass is 10.1. The SMILES string of the molecule is CC1Cn2ncc(N3CCC(O)CC3)c2CN1C(=O)Nc1ccc(F)c(Cl)c1. The summed E-state index contributed by atoms with van der Waals surface area (Å²) in [6.07, 6.45) is 3.07. The molecule has 7 nitrogen and oxygen atoms in total. The van der Waals surface area contributed by atoms with Crippen LogP contribution in [0.15, 0.2) is 24.4 Å². The molecule has 2 aromatic rings. The molecule has 3 heterocycles. The van der Waals surface area contributed by atoms with E-state index in [1.54, 1.807) is 4.90 Å². The largest absolute Gasteiger partial charge is 0.393 e. The summed E-state index contributed by atoms with van der Waals surface area (Å²) in [4.78, 5) is 16.8. The van der Waals surface area contributed by atoms with Gasteiger partial charge in [0.15, 0.2) is 0 Å². The number of amides is 2. The highest BCUT2D eigenvalue weighted by molar-refractivity contribution is 6.31. The molecule has 150 valence electrons. The van der Waals surface area contributed by atoms with Gasteiger partial charge in [0, 0.05) is 18.8 Å². The van der Waals surface area contributed by atoms with Crippen LogP contribution in [0.2, 0.25) is 5.02 Å². The highest BCUT2D eigenvalue weighted by atomic mass is 35.5. The van der Waals surface area contributed by atoms with Gasteiger partial charge in [0.05, 0.1) is 47.8 Å². The summed E-state index contributed by atoms with van der Waals surface area (Å²) in [6, 6.07) is 3.82. The van der Waals surface area contributed by atoms with Gasteiger partial charge in [-0.3, -0.25) is 4.68 Å². The Labute approximate surface area is 167 Å². The van der Waals surface area contributed by atoms with Gasteiger partial charge in [0.25, 0.3) is 0 Å². The van der Waals surface area contributed by atoms with E-state index >= 15 is 0 Å². The zero-order valence-electron chi connectivity index (χ0n) is 15.6. The number of fused-ring (bicyclic) bond motifs is 1. The van der Waals surface area contributed by atoms with Gasteiger partial charge in [-0.05, 0) is 38.0 Å². The van der Waals surface area contributed by atoms with Crippen LogP contribution in [0.25, 0.3) is 0 Å². The van der Waals surface area contributed by atoms with Gasteiger partial charge in [0.2, 0.25) is 0 Å². The number of nitrogens with one attached hydrogen (secondary N) is 1. The van der Waals surface area contributed by atoms with Crippen molar-refractivity contribution in [2.45, 2.75) is 45.0 Å². The van der Waals surface area contributed by atoms with Crippen molar-refractivity contribution in [1.29, 1.82) is 0 Å². The first kappa shape index (κ1) is 19.0. The fourth-order valence-corrected chi connectivity index (χ4v) is 3.98. The van der Waals surface area contributed by atoms with Gasteiger partial charge >= 0.3 is 6.03 Å². The zero-order valence-corrected chi connectivity index (χ0v) is 16.4. The van der Waals surface area contributed by atoms with Gasteiger partial charge < -0.3 is 20.2 Å². The number of carbonyl (C=O) groups is 1. The van der Waals surface area contributed by atoms with Crippen molar-refractivity contribution in [3.63, 3.8) is 0 Å². The predicted molar refractivity (Wildman–Crippen MR) is 105 cm³/mol. The molecule has 2 amide bonds. The third-order valence-corrected chi connectivity index (χ3v) is 5.74. The van der Waals surface area contributed by atoms with Crippen LogP contribution in [0.1, 0.15) is 25.5 Å². The molecule has 9 heteroatoms. The smallest absolute Gasteiger partial charge is 0.322 e. The molecule has 1 fully saturated rings. The molecule has 4 rings (SSSR count). The van der Waals surface area contributed by atoms with Crippen molar-refractivity contribution in [1.82, 2.24) is 14.7 Å². The topological polar surface area (TPSA) is 73.6 Å². The molecule has 0 bridgehead atoms. The number of nitrogens with zero attached hydrogens (tertiary/aromatic N) is 4. The number of halogens is 2. The van der Waals surface area contributed by atoms with Crippen molar-refractivity contribution >= 4 is 29.0 Å². The molecule has 28 heavy (non-hydrogen) atoms. The Kier molecular flexibility index (Phi) is 5.16. The first-order chi connectivity index (χ1) is 13.4. The van der Waals surface area contributed by atoms with Crippen LogP contribution >= 0.6 is 11.6 Å². The lowest BCUT2D eigenvalue weighted by Crippen LogP contribution is -2.47. The summed E-state index contributed by atoms with van der Waals surface area (Å²) in [5.41, 5.74) is 2.45. The molecule has 1 aromatic heterocycles. The number of benzene rings is 1. The van der Waals surface area contributed by atoms with Crippen molar-refractivity contribution < 1.29 is 14.3 Å². The van der Waals surface area contributed by atoms with Gasteiger partial charge in [-0.15, -0.1) is 0 Å². The molecule has 2 aliphatic rings. The highest BCUT2D eigenvalue weighted by Gasteiger charge is 2.31. The van der Waals surface area contributed by atoms with Crippen LogP contribution in [0.5, 0.6) is 0 Å². The predicted octanol–water partition coefficient (Wildman–Crippen LogP) is 3.07. The number of anilines is 2. The quantitative estimate of drug-likeness (QED) is 0.802. The second-order valence-corrected chi connectivity index (χ2v) is 7.82. The minimum absolute atomic E-state index is 0.0304. The maximum absolute atomic E-state index is 13.3. The van der Waals surface area contributed by atoms with Gasteiger partial charge in [0.1, 0.15) is 5.82 Å². The number of urea groups is 1. The Morgan fingerprint density at radius 3 is 2.82 bits per heavy atom. The Balaban J connectivity index is 1.51. The van der Waals surface area contributed by atoms with Crippen LogP contribution in [0.3, 0.4) is 0 Å². The van der Waals surface area contributed by atoms with E-state index in [4.69, 9.17) is 11.6 Å². The molecule has 0 spiro atoms. The van der Waals surface area contributed by atoms with Crippen molar-refractivity contribution in [2.24, 2.45) is 0 Å². The van der Waals surface area contributed by atoms with Crippen LogP contribution in [-0.4, -0.2) is 51.1 Å². The Morgan fingerprint density at radius 2 is 2.11 bits per heavy atom. The monoisotopic (exact) mass is 407 g/mol. The molecule has 0 saturated carbocycles. The van der Waals surface area contributed by atoms with Crippen LogP contribution in [0.4, 0.5) is 20.6 Å². The van der Waals surface area contributed by atoms with Crippen LogP contribution in [0, 0.1) is 5.82 Å². The van der Waals surface area contributed by atoms with Crippen molar-refractivity contribution in [2.75, 3.05) is 23.3 Å². The number of hydrogen-bond acceptors (Lipinski definition) is 4. The van der Waals surface area contributed by atoms with Crippen molar-refractivity contribution in [3.8, 4) is 0 Å². The van der Waals surface area contributed by atoms with E-state index < -0.39 is 5.82 Å². The van der Waals surface area contributed by atoms with E-state index in [1.807, 2.05) is 17.8 Å². The number of rotatable bonds is 2. The highest BCUT2D eigenvalue weighted by Crippen LogP contribution is 2.29. The minimum Gasteiger partial charge on any atom is -0.393 e. The molecule has 2 aliphatic heterocycles. The van der Waals surface area contributed by atoms with Gasteiger partial charge in [-0.25, -0.2) is 9.18 Å². The number of piperidine rings is 1. The number of aliphatic hydroxyl groups excluding tert-OH is 1. The van der Waals surface area contributed by atoms with E-state index in [2.05, 4.69) is 15.3 Å². The average molecular weight is 408 g/mol.